The highest BCUT2D eigenvalue weighted by Crippen LogP contribution is 2.29. The van der Waals surface area contributed by atoms with Crippen LogP contribution in [0, 0.1) is 0 Å². The van der Waals surface area contributed by atoms with Crippen molar-refractivity contribution < 1.29 is 13.2 Å². The van der Waals surface area contributed by atoms with Crippen LogP contribution in [-0.2, 0) is 12.6 Å². The van der Waals surface area contributed by atoms with E-state index in [0.717, 1.165) is 28.8 Å². The zero-order valence-electron chi connectivity index (χ0n) is 8.76. The minimum Gasteiger partial charge on any atom is -0.243 e. The Kier molecular flexibility index (Phi) is 3.38. The first-order valence-corrected chi connectivity index (χ1v) is 6.16. The van der Waals surface area contributed by atoms with E-state index in [0.29, 0.717) is 5.52 Å². The van der Waals surface area contributed by atoms with E-state index in [1.165, 1.54) is 6.07 Å². The zero-order chi connectivity index (χ0) is 12.5. The second-order valence-corrected chi connectivity index (χ2v) is 4.45. The Morgan fingerprint density at radius 2 is 1.88 bits per heavy atom. The molecule has 2 aromatic rings. The summed E-state index contributed by atoms with van der Waals surface area (Å²) in [6, 6.07) is 7.77. The predicted molar refractivity (Wildman–Crippen MR) is 64.2 cm³/mol. The number of halogens is 4. The maximum absolute atomic E-state index is 12.4. The predicted octanol–water partition coefficient (Wildman–Crippen LogP) is 4.19. The molecular formula is C12H9BrF3N. The van der Waals surface area contributed by atoms with Crippen LogP contribution in [0.5, 0.6) is 0 Å². The molecule has 0 aliphatic rings. The summed E-state index contributed by atoms with van der Waals surface area (Å²) in [5.41, 5.74) is 0.604. The summed E-state index contributed by atoms with van der Waals surface area (Å²) in [4.78, 5) is 3.61. The van der Waals surface area contributed by atoms with Gasteiger partial charge in [-0.2, -0.15) is 13.2 Å². The highest BCUT2D eigenvalue weighted by atomic mass is 79.9. The molecule has 0 bridgehead atoms. The van der Waals surface area contributed by atoms with E-state index in [4.69, 9.17) is 0 Å². The summed E-state index contributed by atoms with van der Waals surface area (Å²) in [5.74, 6) is 0. The number of fused-ring (bicyclic) bond motifs is 1. The molecule has 2 rings (SSSR count). The van der Waals surface area contributed by atoms with Gasteiger partial charge in [-0.15, -0.1) is 0 Å². The van der Waals surface area contributed by atoms with Crippen molar-refractivity contribution in [1.82, 2.24) is 4.98 Å². The molecule has 0 fully saturated rings. The average molecular weight is 304 g/mol. The van der Waals surface area contributed by atoms with Gasteiger partial charge in [-0.1, -0.05) is 28.1 Å². The fourth-order valence-corrected chi connectivity index (χ4v) is 2.06. The lowest BCUT2D eigenvalue weighted by Crippen LogP contribution is -2.07. The smallest absolute Gasteiger partial charge is 0.243 e. The van der Waals surface area contributed by atoms with Gasteiger partial charge < -0.3 is 0 Å². The fraction of sp³-hybridized carbons (Fsp3) is 0.250. The Morgan fingerprint density at radius 1 is 1.12 bits per heavy atom. The average Bonchev–Trinajstić information content (AvgIpc) is 2.27. The lowest BCUT2D eigenvalue weighted by Gasteiger charge is -2.07. The number of rotatable bonds is 2. The summed E-state index contributed by atoms with van der Waals surface area (Å²) >= 11 is 3.32. The lowest BCUT2D eigenvalue weighted by molar-refractivity contribution is -0.140. The second kappa shape index (κ2) is 4.64. The highest BCUT2D eigenvalue weighted by molar-refractivity contribution is 9.09. The number of hydrogen-bond acceptors (Lipinski definition) is 1. The van der Waals surface area contributed by atoms with Crippen molar-refractivity contribution in [3.8, 4) is 0 Å². The molecule has 0 atom stereocenters. The third-order valence-electron chi connectivity index (χ3n) is 2.43. The number of hydrogen-bond donors (Lipinski definition) is 0. The van der Waals surface area contributed by atoms with Gasteiger partial charge >= 0.3 is 6.18 Å². The zero-order valence-corrected chi connectivity index (χ0v) is 10.3. The minimum absolute atomic E-state index is 0.373. The van der Waals surface area contributed by atoms with Crippen LogP contribution < -0.4 is 0 Å². The van der Waals surface area contributed by atoms with Crippen LogP contribution in [0.4, 0.5) is 13.2 Å². The van der Waals surface area contributed by atoms with Gasteiger partial charge in [0.15, 0.2) is 0 Å². The number of aromatic nitrogens is 1. The Bertz CT molecular complexity index is 537. The molecule has 0 aliphatic heterocycles. The van der Waals surface area contributed by atoms with Crippen molar-refractivity contribution >= 4 is 26.8 Å². The molecule has 1 nitrogen and oxygen atoms in total. The van der Waals surface area contributed by atoms with Crippen LogP contribution in [0.2, 0.25) is 0 Å². The van der Waals surface area contributed by atoms with E-state index >= 15 is 0 Å². The number of nitrogens with zero attached hydrogens (tertiary/aromatic N) is 1. The Hall–Kier alpha value is -1.10. The fourth-order valence-electron chi connectivity index (χ4n) is 1.60. The molecule has 0 aliphatic carbocycles. The van der Waals surface area contributed by atoms with Crippen LogP contribution in [0.3, 0.4) is 0 Å². The van der Waals surface area contributed by atoms with E-state index in [-0.39, 0.29) is 0 Å². The number of aryl methyl sites for hydroxylation is 1. The number of benzene rings is 1. The topological polar surface area (TPSA) is 12.9 Å². The largest absolute Gasteiger partial charge is 0.433 e. The molecule has 1 heterocycles. The summed E-state index contributed by atoms with van der Waals surface area (Å²) < 4.78 is 37.3. The van der Waals surface area contributed by atoms with Crippen LogP contribution in [-0.4, -0.2) is 10.3 Å². The normalized spacial score (nSPS) is 12.0. The van der Waals surface area contributed by atoms with Crippen molar-refractivity contribution in [3.63, 3.8) is 0 Å². The van der Waals surface area contributed by atoms with Crippen molar-refractivity contribution in [1.29, 1.82) is 0 Å². The van der Waals surface area contributed by atoms with Gasteiger partial charge in [-0.05, 0) is 30.2 Å². The van der Waals surface area contributed by atoms with E-state index in [9.17, 15) is 13.2 Å². The molecule has 0 saturated heterocycles. The van der Waals surface area contributed by atoms with Crippen LogP contribution in [0.1, 0.15) is 11.3 Å². The lowest BCUT2D eigenvalue weighted by atomic mass is 10.1. The molecule has 90 valence electrons. The number of alkyl halides is 4. The highest BCUT2D eigenvalue weighted by Gasteiger charge is 2.32. The maximum Gasteiger partial charge on any atom is 0.433 e. The van der Waals surface area contributed by atoms with Crippen molar-refractivity contribution in [2.75, 3.05) is 5.33 Å². The van der Waals surface area contributed by atoms with Gasteiger partial charge in [0.25, 0.3) is 0 Å². The van der Waals surface area contributed by atoms with Gasteiger partial charge in [0.1, 0.15) is 5.69 Å². The SMILES string of the molecule is FC(F)(F)c1ccc2cc(CCBr)ccc2n1. The first-order chi connectivity index (χ1) is 8.00. The molecule has 0 N–H and O–H groups in total. The first kappa shape index (κ1) is 12.4. The molecule has 5 heteroatoms. The standard InChI is InChI=1S/C12H9BrF3N/c13-6-5-8-1-3-10-9(7-8)2-4-11(17-10)12(14,15)16/h1-4,7H,5-6H2. The summed E-state index contributed by atoms with van der Waals surface area (Å²) in [6.07, 6.45) is -3.54. The van der Waals surface area contributed by atoms with E-state index < -0.39 is 11.9 Å². The van der Waals surface area contributed by atoms with E-state index in [1.54, 1.807) is 12.1 Å². The van der Waals surface area contributed by atoms with Gasteiger partial charge in [0.2, 0.25) is 0 Å². The molecular weight excluding hydrogens is 295 g/mol. The van der Waals surface area contributed by atoms with Gasteiger partial charge in [-0.25, -0.2) is 4.98 Å². The van der Waals surface area contributed by atoms with Gasteiger partial charge in [0.05, 0.1) is 5.52 Å². The van der Waals surface area contributed by atoms with Crippen LogP contribution in [0.15, 0.2) is 30.3 Å². The number of pyridine rings is 1. The van der Waals surface area contributed by atoms with Crippen LogP contribution >= 0.6 is 15.9 Å². The molecule has 0 unspecified atom stereocenters. The molecule has 1 aromatic carbocycles. The monoisotopic (exact) mass is 303 g/mol. The Morgan fingerprint density at radius 3 is 2.53 bits per heavy atom. The molecule has 0 radical (unpaired) electrons. The van der Waals surface area contributed by atoms with Crippen molar-refractivity contribution in [3.05, 3.63) is 41.6 Å². The third-order valence-corrected chi connectivity index (χ3v) is 2.82. The third kappa shape index (κ3) is 2.77. The van der Waals surface area contributed by atoms with Crippen molar-refractivity contribution in [2.24, 2.45) is 0 Å². The summed E-state index contributed by atoms with van der Waals surface area (Å²) in [7, 11) is 0. The second-order valence-electron chi connectivity index (χ2n) is 3.66. The van der Waals surface area contributed by atoms with E-state index in [2.05, 4.69) is 20.9 Å². The summed E-state index contributed by atoms with van der Waals surface area (Å²) in [6.45, 7) is 0. The first-order valence-electron chi connectivity index (χ1n) is 5.03. The maximum atomic E-state index is 12.4. The van der Waals surface area contributed by atoms with Crippen LogP contribution in [0.25, 0.3) is 10.9 Å². The minimum atomic E-state index is -4.39. The van der Waals surface area contributed by atoms with Gasteiger partial charge in [0, 0.05) is 10.7 Å². The molecule has 0 saturated carbocycles. The quantitative estimate of drug-likeness (QED) is 0.758. The Labute approximate surface area is 105 Å². The van der Waals surface area contributed by atoms with E-state index in [1.807, 2.05) is 6.07 Å². The molecule has 1 aromatic heterocycles. The molecule has 0 amide bonds. The molecule has 0 spiro atoms. The van der Waals surface area contributed by atoms with Crippen molar-refractivity contribution in [2.45, 2.75) is 12.6 Å². The van der Waals surface area contributed by atoms with Gasteiger partial charge in [-0.3, -0.25) is 0 Å². The summed E-state index contributed by atoms with van der Waals surface area (Å²) in [5, 5.41) is 1.56. The molecule has 17 heavy (non-hydrogen) atoms. The Balaban J connectivity index is 2.47.